The first-order valence-electron chi connectivity index (χ1n) is 13.5. The quantitative estimate of drug-likeness (QED) is 0.372. The third-order valence-electron chi connectivity index (χ3n) is 6.87. The minimum Gasteiger partial charge on any atom is -0.444 e. The Hall–Kier alpha value is -3.39. The average Bonchev–Trinajstić information content (AvgIpc) is 2.86. The van der Waals surface area contributed by atoms with E-state index in [4.69, 9.17) is 4.74 Å². The number of nitrogens with one attached hydrogen (secondary N) is 2. The van der Waals surface area contributed by atoms with Crippen molar-refractivity contribution >= 4 is 23.6 Å². The molecule has 8 heteroatoms. The lowest BCUT2D eigenvalue weighted by Gasteiger charge is -2.44. The van der Waals surface area contributed by atoms with Gasteiger partial charge < -0.3 is 25.4 Å². The Morgan fingerprint density at radius 1 is 0.949 bits per heavy atom. The van der Waals surface area contributed by atoms with E-state index in [1.807, 2.05) is 84.0 Å². The Bertz CT molecular complexity index is 1130. The fourth-order valence-corrected chi connectivity index (χ4v) is 4.31. The Kier molecular flexibility index (Phi) is 10.7. The molecule has 0 aliphatic carbocycles. The van der Waals surface area contributed by atoms with Gasteiger partial charge in [-0.2, -0.15) is 0 Å². The van der Waals surface area contributed by atoms with Gasteiger partial charge in [0.1, 0.15) is 17.7 Å². The molecule has 2 atom stereocenters. The lowest BCUT2D eigenvalue weighted by Crippen LogP contribution is -2.59. The number of benzene rings is 2. The van der Waals surface area contributed by atoms with Crippen molar-refractivity contribution in [3.8, 4) is 0 Å². The molecule has 0 aliphatic heterocycles. The van der Waals surface area contributed by atoms with Crippen molar-refractivity contribution in [2.75, 3.05) is 11.9 Å². The number of nitrogens with zero attached hydrogens (tertiary/aromatic N) is 1. The number of amides is 3. The van der Waals surface area contributed by atoms with Crippen LogP contribution in [0.1, 0.15) is 83.2 Å². The standard InChI is InChI=1S/C31H45N3O5/c1-10-22-15-17-23(18-16-22)26(27(36)33-25-20(3)13-12-14-21(25)4)34(31(8,9)11-2)28(37)24(19-35)32-29(38)39-30(5,6)7/h12-18,24,26,35H,10-11,19H2,1-9H3,(H,32,38)(H,33,36). The van der Waals surface area contributed by atoms with E-state index >= 15 is 0 Å². The molecule has 2 unspecified atom stereocenters. The Morgan fingerprint density at radius 3 is 1.97 bits per heavy atom. The van der Waals surface area contributed by atoms with Crippen LogP contribution in [0.15, 0.2) is 42.5 Å². The van der Waals surface area contributed by atoms with Crippen LogP contribution in [-0.2, 0) is 20.7 Å². The maximum Gasteiger partial charge on any atom is 0.408 e. The van der Waals surface area contributed by atoms with Crippen LogP contribution in [0.5, 0.6) is 0 Å². The van der Waals surface area contributed by atoms with Gasteiger partial charge in [0.25, 0.3) is 5.91 Å². The van der Waals surface area contributed by atoms with Crippen LogP contribution < -0.4 is 10.6 Å². The van der Waals surface area contributed by atoms with Crippen molar-refractivity contribution in [3.05, 3.63) is 64.7 Å². The van der Waals surface area contributed by atoms with Gasteiger partial charge in [-0.3, -0.25) is 9.59 Å². The maximum atomic E-state index is 14.1. The van der Waals surface area contributed by atoms with Crippen molar-refractivity contribution in [2.24, 2.45) is 0 Å². The number of alkyl carbamates (subject to hydrolysis) is 1. The molecule has 0 heterocycles. The van der Waals surface area contributed by atoms with Crippen LogP contribution in [0.4, 0.5) is 10.5 Å². The van der Waals surface area contributed by atoms with Crippen LogP contribution in [0.2, 0.25) is 0 Å². The summed E-state index contributed by atoms with van der Waals surface area (Å²) < 4.78 is 5.32. The maximum absolute atomic E-state index is 14.1. The van der Waals surface area contributed by atoms with Gasteiger partial charge in [0.2, 0.25) is 5.91 Å². The molecule has 214 valence electrons. The summed E-state index contributed by atoms with van der Waals surface area (Å²) in [5.74, 6) is -0.975. The molecular formula is C31H45N3O5. The van der Waals surface area contributed by atoms with Crippen molar-refractivity contribution in [1.82, 2.24) is 10.2 Å². The molecular weight excluding hydrogens is 494 g/mol. The molecule has 0 bridgehead atoms. The third kappa shape index (κ3) is 8.30. The number of aryl methyl sites for hydroxylation is 3. The number of carbonyl (C=O) groups is 3. The van der Waals surface area contributed by atoms with E-state index in [0.717, 1.165) is 23.1 Å². The molecule has 0 saturated heterocycles. The molecule has 3 amide bonds. The van der Waals surface area contributed by atoms with E-state index in [-0.39, 0.29) is 5.91 Å². The van der Waals surface area contributed by atoms with E-state index in [2.05, 4.69) is 10.6 Å². The van der Waals surface area contributed by atoms with Crippen LogP contribution in [-0.4, -0.2) is 51.7 Å². The Morgan fingerprint density at radius 2 is 1.51 bits per heavy atom. The molecule has 8 nitrogen and oxygen atoms in total. The van der Waals surface area contributed by atoms with E-state index in [1.54, 1.807) is 20.8 Å². The van der Waals surface area contributed by atoms with Crippen LogP contribution in [0.3, 0.4) is 0 Å². The second kappa shape index (κ2) is 13.1. The highest BCUT2D eigenvalue weighted by molar-refractivity contribution is 6.00. The second-order valence-corrected chi connectivity index (χ2v) is 11.5. The number of rotatable bonds is 10. The van der Waals surface area contributed by atoms with Crippen molar-refractivity contribution in [1.29, 1.82) is 0 Å². The molecule has 2 aromatic carbocycles. The molecule has 3 N–H and O–H groups in total. The summed E-state index contributed by atoms with van der Waals surface area (Å²) in [5, 5.41) is 15.7. The monoisotopic (exact) mass is 539 g/mol. The van der Waals surface area contributed by atoms with Gasteiger partial charge in [-0.05, 0) is 83.6 Å². The summed E-state index contributed by atoms with van der Waals surface area (Å²) in [6, 6.07) is 11.0. The summed E-state index contributed by atoms with van der Waals surface area (Å²) in [7, 11) is 0. The largest absolute Gasteiger partial charge is 0.444 e. The highest BCUT2D eigenvalue weighted by Crippen LogP contribution is 2.34. The van der Waals surface area contributed by atoms with Crippen LogP contribution >= 0.6 is 0 Å². The number of carbonyl (C=O) groups excluding carboxylic acids is 3. The molecule has 0 aliphatic rings. The zero-order valence-electron chi connectivity index (χ0n) is 24.8. The summed E-state index contributed by atoms with van der Waals surface area (Å²) in [6.45, 7) is 16.0. The van der Waals surface area contributed by atoms with E-state index in [9.17, 15) is 19.5 Å². The van der Waals surface area contributed by atoms with Crippen molar-refractivity contribution in [2.45, 2.75) is 98.4 Å². The highest BCUT2D eigenvalue weighted by atomic mass is 16.6. The van der Waals surface area contributed by atoms with Gasteiger partial charge >= 0.3 is 6.09 Å². The molecule has 0 saturated carbocycles. The van der Waals surface area contributed by atoms with Gasteiger partial charge in [0, 0.05) is 11.2 Å². The lowest BCUT2D eigenvalue weighted by atomic mass is 9.91. The molecule has 2 aromatic rings. The number of ether oxygens (including phenoxy) is 1. The molecule has 39 heavy (non-hydrogen) atoms. The first-order chi connectivity index (χ1) is 18.1. The molecule has 0 spiro atoms. The first kappa shape index (κ1) is 31.8. The summed E-state index contributed by atoms with van der Waals surface area (Å²) in [4.78, 5) is 42.3. The smallest absolute Gasteiger partial charge is 0.408 e. The second-order valence-electron chi connectivity index (χ2n) is 11.5. The molecule has 2 rings (SSSR count). The van der Waals surface area contributed by atoms with Gasteiger partial charge in [0.15, 0.2) is 0 Å². The number of hydrogen-bond donors (Lipinski definition) is 3. The minimum absolute atomic E-state index is 0.388. The normalized spacial score (nSPS) is 13.3. The fraction of sp³-hybridized carbons (Fsp3) is 0.516. The SMILES string of the molecule is CCc1ccc(C(C(=O)Nc2c(C)cccc2C)N(C(=O)C(CO)NC(=O)OC(C)(C)C)C(C)(C)CC)cc1. The number of anilines is 1. The predicted octanol–water partition coefficient (Wildman–Crippen LogP) is 5.45. The number of hydrogen-bond acceptors (Lipinski definition) is 5. The first-order valence-corrected chi connectivity index (χ1v) is 13.5. The Balaban J connectivity index is 2.63. The topological polar surface area (TPSA) is 108 Å². The predicted molar refractivity (Wildman–Crippen MR) is 155 cm³/mol. The minimum atomic E-state index is -1.31. The van der Waals surface area contributed by atoms with Crippen molar-refractivity contribution < 1.29 is 24.2 Å². The third-order valence-corrected chi connectivity index (χ3v) is 6.87. The van der Waals surface area contributed by atoms with Crippen LogP contribution in [0, 0.1) is 13.8 Å². The van der Waals surface area contributed by atoms with Gasteiger partial charge in [-0.25, -0.2) is 4.79 Å². The van der Waals surface area contributed by atoms with Crippen LogP contribution in [0.25, 0.3) is 0 Å². The lowest BCUT2D eigenvalue weighted by molar-refractivity contribution is -0.148. The Labute approximate surface area is 233 Å². The number of aliphatic hydroxyl groups excluding tert-OH is 1. The molecule has 0 aromatic heterocycles. The summed E-state index contributed by atoms with van der Waals surface area (Å²) in [5.41, 5.74) is 2.60. The fourth-order valence-electron chi connectivity index (χ4n) is 4.31. The zero-order valence-corrected chi connectivity index (χ0v) is 24.8. The van der Waals surface area contributed by atoms with E-state index in [1.165, 1.54) is 4.90 Å². The van der Waals surface area contributed by atoms with Gasteiger partial charge in [-0.15, -0.1) is 0 Å². The van der Waals surface area contributed by atoms with Gasteiger partial charge in [0.05, 0.1) is 6.61 Å². The van der Waals surface area contributed by atoms with E-state index in [0.29, 0.717) is 17.7 Å². The molecule has 0 fully saturated rings. The number of para-hydroxylation sites is 1. The highest BCUT2D eigenvalue weighted by Gasteiger charge is 2.43. The van der Waals surface area contributed by atoms with Gasteiger partial charge in [-0.1, -0.05) is 56.3 Å². The average molecular weight is 540 g/mol. The zero-order chi connectivity index (χ0) is 29.5. The summed E-state index contributed by atoms with van der Waals surface area (Å²) in [6.07, 6.45) is 0.520. The van der Waals surface area contributed by atoms with Crippen molar-refractivity contribution in [3.63, 3.8) is 0 Å². The number of aliphatic hydroxyl groups is 1. The van der Waals surface area contributed by atoms with E-state index < -0.39 is 41.8 Å². The molecule has 0 radical (unpaired) electrons. The summed E-state index contributed by atoms with van der Waals surface area (Å²) >= 11 is 0.